The number of amides is 1. The van der Waals surface area contributed by atoms with E-state index in [1.807, 2.05) is 9.80 Å². The molecule has 0 spiro atoms. The Balaban J connectivity index is 1.68. The number of aromatic nitrogens is 3. The molecule has 1 fully saturated rings. The third kappa shape index (κ3) is 6.20. The first-order chi connectivity index (χ1) is 12.0. The van der Waals surface area contributed by atoms with Crippen LogP contribution in [-0.4, -0.2) is 65.5 Å². The van der Waals surface area contributed by atoms with Gasteiger partial charge in [0, 0.05) is 32.6 Å². The molecule has 1 aromatic heterocycles. The molecule has 9 nitrogen and oxygen atoms in total. The quantitative estimate of drug-likeness (QED) is 0.461. The van der Waals surface area contributed by atoms with Gasteiger partial charge in [0.25, 0.3) is 0 Å². The van der Waals surface area contributed by atoms with E-state index in [2.05, 4.69) is 15.0 Å². The van der Waals surface area contributed by atoms with Crippen molar-refractivity contribution in [3.63, 3.8) is 0 Å². The zero-order valence-corrected chi connectivity index (χ0v) is 14.8. The van der Waals surface area contributed by atoms with Crippen molar-refractivity contribution in [1.29, 1.82) is 0 Å². The van der Waals surface area contributed by atoms with Gasteiger partial charge in [-0.25, -0.2) is 0 Å². The van der Waals surface area contributed by atoms with E-state index in [0.29, 0.717) is 45.0 Å². The zero-order valence-electron chi connectivity index (χ0n) is 14.8. The number of hydrogen-bond acceptors (Lipinski definition) is 8. The Kier molecular flexibility index (Phi) is 6.97. The van der Waals surface area contributed by atoms with E-state index in [9.17, 15) is 9.59 Å². The molecule has 0 aliphatic carbocycles. The molecule has 1 aliphatic rings. The molecule has 0 radical (unpaired) electrons. The highest BCUT2D eigenvalue weighted by molar-refractivity contribution is 6.57. The number of carbonyl (C=O) groups is 2. The lowest BCUT2D eigenvalue weighted by molar-refractivity contribution is -0.131. The van der Waals surface area contributed by atoms with Crippen LogP contribution in [0.1, 0.15) is 38.5 Å². The van der Waals surface area contributed by atoms with Crippen LogP contribution >= 0.6 is 0 Å². The van der Waals surface area contributed by atoms with Crippen LogP contribution < -0.4 is 16.4 Å². The number of carbonyl (C=O) groups excluding carboxylic acids is 2. The number of nitrogen functional groups attached to an aromatic ring is 2. The molecule has 10 heteroatoms. The van der Waals surface area contributed by atoms with E-state index in [-0.39, 0.29) is 23.5 Å². The Hall–Kier alpha value is -2.39. The topological polar surface area (TPSA) is 131 Å². The van der Waals surface area contributed by atoms with Crippen LogP contribution in [0.25, 0.3) is 0 Å². The van der Waals surface area contributed by atoms with Gasteiger partial charge >= 0.3 is 0 Å². The number of nitrogens with two attached hydrogens (primary N) is 2. The molecule has 1 saturated heterocycles. The minimum Gasteiger partial charge on any atom is -0.368 e. The van der Waals surface area contributed by atoms with Crippen LogP contribution in [0, 0.1) is 0 Å². The molecule has 2 heterocycles. The Morgan fingerprint density at radius 3 is 2.00 bits per heavy atom. The SMILES string of the molecule is BC(=O)CCCCCCC(=O)N1CCN(c2nc(N)nc(N)n2)CC1. The Morgan fingerprint density at radius 2 is 1.44 bits per heavy atom. The van der Waals surface area contributed by atoms with Gasteiger partial charge < -0.3 is 26.1 Å². The lowest BCUT2D eigenvalue weighted by Gasteiger charge is -2.34. The molecule has 0 unspecified atom stereocenters. The predicted octanol–water partition coefficient (Wildman–Crippen LogP) is -0.815. The molecule has 0 aromatic carbocycles. The van der Waals surface area contributed by atoms with Crippen molar-refractivity contribution in [2.24, 2.45) is 0 Å². The molecular weight excluding hydrogens is 321 g/mol. The van der Waals surface area contributed by atoms with E-state index in [4.69, 9.17) is 11.5 Å². The molecule has 0 saturated carbocycles. The van der Waals surface area contributed by atoms with Crippen molar-refractivity contribution < 1.29 is 9.59 Å². The number of anilines is 3. The average molecular weight is 347 g/mol. The number of nitrogens with zero attached hydrogens (tertiary/aromatic N) is 5. The van der Waals surface area contributed by atoms with Gasteiger partial charge in [-0.1, -0.05) is 12.8 Å². The average Bonchev–Trinajstić information content (AvgIpc) is 2.57. The number of hydrogen-bond donors (Lipinski definition) is 2. The predicted molar refractivity (Wildman–Crippen MR) is 98.7 cm³/mol. The Morgan fingerprint density at radius 1 is 0.880 bits per heavy atom. The molecule has 1 amide bonds. The molecule has 1 aromatic rings. The fourth-order valence-corrected chi connectivity index (χ4v) is 2.86. The minimum absolute atomic E-state index is 0.103. The Labute approximate surface area is 148 Å². The van der Waals surface area contributed by atoms with E-state index in [1.165, 1.54) is 0 Å². The van der Waals surface area contributed by atoms with Gasteiger partial charge in [0.15, 0.2) is 7.85 Å². The van der Waals surface area contributed by atoms with Gasteiger partial charge in [0.05, 0.1) is 5.68 Å². The summed E-state index contributed by atoms with van der Waals surface area (Å²) in [5, 5.41) is 0. The maximum atomic E-state index is 12.3. The van der Waals surface area contributed by atoms with Gasteiger partial charge in [-0.2, -0.15) is 15.0 Å². The molecule has 1 aliphatic heterocycles. The van der Waals surface area contributed by atoms with Crippen LogP contribution in [0.4, 0.5) is 17.8 Å². The summed E-state index contributed by atoms with van der Waals surface area (Å²) in [5.41, 5.74) is 11.4. The summed E-state index contributed by atoms with van der Waals surface area (Å²) in [6.45, 7) is 2.56. The lowest BCUT2D eigenvalue weighted by atomic mass is 9.96. The van der Waals surface area contributed by atoms with E-state index in [0.717, 1.165) is 25.7 Å². The first-order valence-corrected chi connectivity index (χ1v) is 8.75. The highest BCUT2D eigenvalue weighted by atomic mass is 16.2. The summed E-state index contributed by atoms with van der Waals surface area (Å²) in [6, 6.07) is 0. The van der Waals surface area contributed by atoms with Gasteiger partial charge in [-0.15, -0.1) is 0 Å². The maximum absolute atomic E-state index is 12.3. The first-order valence-electron chi connectivity index (χ1n) is 8.75. The van der Waals surface area contributed by atoms with Crippen molar-refractivity contribution in [1.82, 2.24) is 19.9 Å². The van der Waals surface area contributed by atoms with E-state index >= 15 is 0 Å². The van der Waals surface area contributed by atoms with Gasteiger partial charge in [0.1, 0.15) is 0 Å². The van der Waals surface area contributed by atoms with Crippen LogP contribution in [0.3, 0.4) is 0 Å². The second kappa shape index (κ2) is 9.19. The largest absolute Gasteiger partial charge is 0.368 e. The van der Waals surface area contributed by atoms with Gasteiger partial charge in [-0.05, 0) is 19.3 Å². The molecular formula is C15H26BN7O2. The van der Waals surface area contributed by atoms with Crippen LogP contribution in [0.2, 0.25) is 0 Å². The monoisotopic (exact) mass is 347 g/mol. The molecule has 4 N–H and O–H groups in total. The van der Waals surface area contributed by atoms with Crippen molar-refractivity contribution >= 4 is 37.3 Å². The fraction of sp³-hybridized carbons (Fsp3) is 0.667. The van der Waals surface area contributed by atoms with Crippen LogP contribution in [0.15, 0.2) is 0 Å². The van der Waals surface area contributed by atoms with Crippen LogP contribution in [0.5, 0.6) is 0 Å². The van der Waals surface area contributed by atoms with Crippen molar-refractivity contribution in [2.75, 3.05) is 42.5 Å². The molecule has 2 rings (SSSR count). The number of unbranched alkanes of at least 4 members (excludes halogenated alkanes) is 3. The lowest BCUT2D eigenvalue weighted by Crippen LogP contribution is -2.49. The Bertz CT molecular complexity index is 585. The second-order valence-electron chi connectivity index (χ2n) is 6.34. The summed E-state index contributed by atoms with van der Waals surface area (Å²) in [6.07, 6.45) is 4.98. The molecule has 25 heavy (non-hydrogen) atoms. The standard InChI is InChI=1S/C15H26BN7O2/c16-11(24)5-3-1-2-4-6-12(25)22-7-9-23(10-8-22)15-20-13(17)19-14(18)21-15/h1-10,16H2,(H4,17,18,19,20,21). The highest BCUT2D eigenvalue weighted by Gasteiger charge is 2.22. The summed E-state index contributed by atoms with van der Waals surface area (Å²) in [7, 11) is 1.61. The normalized spacial score (nSPS) is 14.6. The fourth-order valence-electron chi connectivity index (χ4n) is 2.86. The summed E-state index contributed by atoms with van der Waals surface area (Å²) in [5.74, 6) is 0.847. The maximum Gasteiger partial charge on any atom is 0.232 e. The van der Waals surface area contributed by atoms with E-state index < -0.39 is 0 Å². The first kappa shape index (κ1) is 18.9. The smallest absolute Gasteiger partial charge is 0.232 e. The summed E-state index contributed by atoms with van der Waals surface area (Å²) in [4.78, 5) is 38.9. The van der Waals surface area contributed by atoms with Gasteiger partial charge in [-0.3, -0.25) is 4.79 Å². The number of rotatable bonds is 8. The molecule has 136 valence electrons. The zero-order chi connectivity index (χ0) is 18.2. The number of piperazine rings is 1. The van der Waals surface area contributed by atoms with Crippen molar-refractivity contribution in [3.8, 4) is 0 Å². The van der Waals surface area contributed by atoms with Gasteiger partial charge in [0.2, 0.25) is 23.8 Å². The minimum atomic E-state index is 0.103. The highest BCUT2D eigenvalue weighted by Crippen LogP contribution is 2.14. The molecule has 0 atom stereocenters. The summed E-state index contributed by atoms with van der Waals surface area (Å²) < 4.78 is 0. The summed E-state index contributed by atoms with van der Waals surface area (Å²) >= 11 is 0. The van der Waals surface area contributed by atoms with Crippen molar-refractivity contribution in [2.45, 2.75) is 38.5 Å². The van der Waals surface area contributed by atoms with Crippen molar-refractivity contribution in [3.05, 3.63) is 0 Å². The van der Waals surface area contributed by atoms with E-state index in [1.54, 1.807) is 7.85 Å². The third-order valence-electron chi connectivity index (χ3n) is 4.24. The second-order valence-corrected chi connectivity index (χ2v) is 6.34. The van der Waals surface area contributed by atoms with Crippen LogP contribution in [-0.2, 0) is 9.59 Å². The third-order valence-corrected chi connectivity index (χ3v) is 4.24. The molecule has 0 bridgehead atoms.